The van der Waals surface area contributed by atoms with E-state index in [1.807, 2.05) is 6.92 Å². The molecule has 0 aliphatic carbocycles. The van der Waals surface area contributed by atoms with E-state index >= 15 is 0 Å². The Morgan fingerprint density at radius 3 is 2.59 bits per heavy atom. The zero-order chi connectivity index (χ0) is 13.0. The lowest BCUT2D eigenvalue weighted by Crippen LogP contribution is -2.24. The summed E-state index contributed by atoms with van der Waals surface area (Å²) >= 11 is 0. The monoisotopic (exact) mass is 237 g/mol. The van der Waals surface area contributed by atoms with E-state index in [0.717, 1.165) is 5.56 Å². The Morgan fingerprint density at radius 1 is 1.35 bits per heavy atom. The van der Waals surface area contributed by atoms with Gasteiger partial charge < -0.3 is 16.0 Å². The van der Waals surface area contributed by atoms with Gasteiger partial charge in [-0.05, 0) is 13.8 Å². The Labute approximate surface area is 101 Å². The van der Waals surface area contributed by atoms with Crippen molar-refractivity contribution in [3.8, 4) is 0 Å². The molecule has 0 aromatic carbocycles. The van der Waals surface area contributed by atoms with Crippen LogP contribution in [0.3, 0.4) is 0 Å². The van der Waals surface area contributed by atoms with Gasteiger partial charge in [-0.3, -0.25) is 4.79 Å². The average Bonchev–Trinajstić information content (AvgIpc) is 2.24. The fourth-order valence-corrected chi connectivity index (χ4v) is 1.33. The highest BCUT2D eigenvalue weighted by Crippen LogP contribution is 2.16. The number of hydrogen-bond acceptors (Lipinski definition) is 5. The first kappa shape index (κ1) is 13.2. The molecule has 0 bridgehead atoms. The van der Waals surface area contributed by atoms with Crippen LogP contribution >= 0.6 is 0 Å². The molecular formula is C11H19N5O. The van der Waals surface area contributed by atoms with Gasteiger partial charge in [-0.2, -0.15) is 0 Å². The molecule has 1 rings (SSSR count). The van der Waals surface area contributed by atoms with Crippen molar-refractivity contribution in [2.45, 2.75) is 20.3 Å². The molecule has 0 atom stereocenters. The van der Waals surface area contributed by atoms with Gasteiger partial charge >= 0.3 is 0 Å². The van der Waals surface area contributed by atoms with Crippen LogP contribution in [-0.4, -0.2) is 41.4 Å². The largest absolute Gasteiger partial charge is 0.383 e. The first-order chi connectivity index (χ1) is 7.91. The van der Waals surface area contributed by atoms with E-state index in [9.17, 15) is 4.79 Å². The lowest BCUT2D eigenvalue weighted by Gasteiger charge is -2.12. The number of aromatic nitrogens is 2. The zero-order valence-electron chi connectivity index (χ0n) is 10.7. The number of nitrogens with one attached hydrogen (secondary N) is 1. The maximum atomic E-state index is 11.4. The van der Waals surface area contributed by atoms with E-state index in [4.69, 9.17) is 5.73 Å². The van der Waals surface area contributed by atoms with Crippen LogP contribution in [0.2, 0.25) is 0 Å². The number of hydrogen-bond donors (Lipinski definition) is 2. The summed E-state index contributed by atoms with van der Waals surface area (Å²) in [5.74, 6) is 1.86. The molecule has 17 heavy (non-hydrogen) atoms. The third kappa shape index (κ3) is 3.58. The number of nitrogen functional groups attached to an aromatic ring is 1. The number of nitrogens with two attached hydrogens (primary N) is 1. The number of carbonyl (C=O) groups excluding carboxylic acids is 1. The van der Waals surface area contributed by atoms with Gasteiger partial charge in [-0.1, -0.05) is 0 Å². The summed E-state index contributed by atoms with van der Waals surface area (Å²) in [5.41, 5.74) is 6.55. The SMILES string of the molecule is Cc1nc(N)c(C)c(NCCC(=O)N(C)C)n1. The second-order valence-corrected chi connectivity index (χ2v) is 4.09. The molecule has 0 radical (unpaired) electrons. The zero-order valence-corrected chi connectivity index (χ0v) is 10.7. The van der Waals surface area contributed by atoms with Crippen molar-refractivity contribution in [3.05, 3.63) is 11.4 Å². The summed E-state index contributed by atoms with van der Waals surface area (Å²) in [6.07, 6.45) is 0.426. The molecule has 1 heterocycles. The normalized spacial score (nSPS) is 10.1. The highest BCUT2D eigenvalue weighted by molar-refractivity contribution is 5.76. The average molecular weight is 237 g/mol. The molecule has 6 heteroatoms. The van der Waals surface area contributed by atoms with Crippen LogP contribution in [-0.2, 0) is 4.79 Å². The number of amides is 1. The smallest absolute Gasteiger partial charge is 0.223 e. The van der Waals surface area contributed by atoms with E-state index in [-0.39, 0.29) is 5.91 Å². The molecule has 1 amide bonds. The van der Waals surface area contributed by atoms with Crippen molar-refractivity contribution in [3.63, 3.8) is 0 Å². The van der Waals surface area contributed by atoms with Gasteiger partial charge in [-0.25, -0.2) is 9.97 Å². The molecular weight excluding hydrogens is 218 g/mol. The van der Waals surface area contributed by atoms with Crippen LogP contribution in [0.5, 0.6) is 0 Å². The van der Waals surface area contributed by atoms with Crippen molar-refractivity contribution >= 4 is 17.5 Å². The summed E-state index contributed by atoms with van der Waals surface area (Å²) in [4.78, 5) is 21.2. The van der Waals surface area contributed by atoms with Crippen LogP contribution in [0.1, 0.15) is 17.8 Å². The summed E-state index contributed by atoms with van der Waals surface area (Å²) in [6.45, 7) is 4.17. The third-order valence-corrected chi connectivity index (χ3v) is 2.43. The van der Waals surface area contributed by atoms with Crippen LogP contribution in [0.25, 0.3) is 0 Å². The van der Waals surface area contributed by atoms with Crippen LogP contribution in [0.15, 0.2) is 0 Å². The molecule has 0 spiro atoms. The Kier molecular flexibility index (Phi) is 4.25. The van der Waals surface area contributed by atoms with Gasteiger partial charge in [0, 0.05) is 32.6 Å². The number of aryl methyl sites for hydroxylation is 1. The molecule has 1 aromatic heterocycles. The van der Waals surface area contributed by atoms with E-state index in [1.54, 1.807) is 25.9 Å². The van der Waals surface area contributed by atoms with Crippen LogP contribution in [0, 0.1) is 13.8 Å². The Bertz CT molecular complexity index is 417. The Hall–Kier alpha value is -1.85. The maximum Gasteiger partial charge on any atom is 0.223 e. The fourth-order valence-electron chi connectivity index (χ4n) is 1.33. The van der Waals surface area contributed by atoms with Gasteiger partial charge in [-0.15, -0.1) is 0 Å². The highest BCUT2D eigenvalue weighted by Gasteiger charge is 2.07. The van der Waals surface area contributed by atoms with Gasteiger partial charge in [0.15, 0.2) is 0 Å². The van der Waals surface area contributed by atoms with Gasteiger partial charge in [0.1, 0.15) is 17.5 Å². The minimum atomic E-state index is 0.0777. The number of nitrogens with zero attached hydrogens (tertiary/aromatic N) is 3. The van der Waals surface area contributed by atoms with Crippen molar-refractivity contribution in [1.82, 2.24) is 14.9 Å². The van der Waals surface area contributed by atoms with Crippen molar-refractivity contribution < 1.29 is 4.79 Å². The number of carbonyl (C=O) groups is 1. The summed E-state index contributed by atoms with van der Waals surface area (Å²) in [6, 6.07) is 0. The minimum Gasteiger partial charge on any atom is -0.383 e. The molecule has 6 nitrogen and oxygen atoms in total. The molecule has 94 valence electrons. The molecule has 1 aromatic rings. The molecule has 0 unspecified atom stereocenters. The van der Waals surface area contributed by atoms with E-state index in [1.165, 1.54) is 0 Å². The molecule has 0 fully saturated rings. The standard InChI is InChI=1S/C11H19N5O/c1-7-10(12)14-8(2)15-11(7)13-6-5-9(17)16(3)4/h5-6H2,1-4H3,(H3,12,13,14,15). The Balaban J connectivity index is 2.61. The molecule has 0 aliphatic rings. The van der Waals surface area contributed by atoms with E-state index in [0.29, 0.717) is 30.4 Å². The quantitative estimate of drug-likeness (QED) is 0.799. The van der Waals surface area contributed by atoms with Crippen molar-refractivity contribution in [2.24, 2.45) is 0 Å². The summed E-state index contributed by atoms with van der Waals surface area (Å²) < 4.78 is 0. The van der Waals surface area contributed by atoms with Crippen LogP contribution < -0.4 is 11.1 Å². The molecule has 3 N–H and O–H groups in total. The van der Waals surface area contributed by atoms with Crippen molar-refractivity contribution in [2.75, 3.05) is 31.7 Å². The minimum absolute atomic E-state index is 0.0777. The van der Waals surface area contributed by atoms with E-state index < -0.39 is 0 Å². The fraction of sp³-hybridized carbons (Fsp3) is 0.545. The van der Waals surface area contributed by atoms with Crippen LogP contribution in [0.4, 0.5) is 11.6 Å². The lowest BCUT2D eigenvalue weighted by atomic mass is 10.3. The topological polar surface area (TPSA) is 84.1 Å². The second-order valence-electron chi connectivity index (χ2n) is 4.09. The molecule has 0 saturated heterocycles. The van der Waals surface area contributed by atoms with Gasteiger partial charge in [0.05, 0.1) is 0 Å². The van der Waals surface area contributed by atoms with Crippen molar-refractivity contribution in [1.29, 1.82) is 0 Å². The lowest BCUT2D eigenvalue weighted by molar-refractivity contribution is -0.128. The van der Waals surface area contributed by atoms with Gasteiger partial charge in [0.2, 0.25) is 5.91 Å². The second kappa shape index (κ2) is 5.47. The first-order valence-corrected chi connectivity index (χ1v) is 5.46. The predicted octanol–water partition coefficient (Wildman–Crippen LogP) is 0.566. The predicted molar refractivity (Wildman–Crippen MR) is 67.7 cm³/mol. The third-order valence-electron chi connectivity index (χ3n) is 2.43. The number of rotatable bonds is 4. The first-order valence-electron chi connectivity index (χ1n) is 5.46. The maximum absolute atomic E-state index is 11.4. The highest BCUT2D eigenvalue weighted by atomic mass is 16.2. The Morgan fingerprint density at radius 2 is 2.00 bits per heavy atom. The summed E-state index contributed by atoms with van der Waals surface area (Å²) in [5, 5.41) is 3.10. The summed E-state index contributed by atoms with van der Waals surface area (Å²) in [7, 11) is 3.47. The molecule has 0 saturated carbocycles. The number of anilines is 2. The molecule has 0 aliphatic heterocycles. The van der Waals surface area contributed by atoms with Gasteiger partial charge in [0.25, 0.3) is 0 Å². The van der Waals surface area contributed by atoms with E-state index in [2.05, 4.69) is 15.3 Å².